The van der Waals surface area contributed by atoms with Crippen molar-refractivity contribution in [2.45, 2.75) is 39.2 Å². The number of fused-ring (bicyclic) bond motifs is 2. The van der Waals surface area contributed by atoms with Crippen molar-refractivity contribution in [3.05, 3.63) is 46.4 Å². The lowest BCUT2D eigenvalue weighted by molar-refractivity contribution is 0.357. The fourth-order valence-electron chi connectivity index (χ4n) is 3.54. The zero-order valence-corrected chi connectivity index (χ0v) is 13.2. The fourth-order valence-corrected chi connectivity index (χ4v) is 3.54. The van der Waals surface area contributed by atoms with Crippen LogP contribution in [0.4, 0.5) is 5.82 Å². The molecule has 2 aromatic rings. The summed E-state index contributed by atoms with van der Waals surface area (Å²) in [5.74, 6) is 3.03. The average molecular weight is 295 g/mol. The van der Waals surface area contributed by atoms with Crippen molar-refractivity contribution in [2.75, 3.05) is 18.6 Å². The number of benzene rings is 1. The molecule has 4 heteroatoms. The summed E-state index contributed by atoms with van der Waals surface area (Å²) in [4.78, 5) is 11.6. The monoisotopic (exact) mass is 295 g/mol. The maximum Gasteiger partial charge on any atom is 0.135 e. The van der Waals surface area contributed by atoms with Crippen LogP contribution in [0.5, 0.6) is 5.75 Å². The minimum Gasteiger partial charge on any atom is -0.493 e. The van der Waals surface area contributed by atoms with Crippen LogP contribution in [0, 0.1) is 6.92 Å². The molecule has 1 aliphatic carbocycles. The standard InChI is InChI=1S/C18H21N3O/c1-12-19-16-5-3-4-15(16)18(20-12)21(2)11-13-6-7-17-14(10-13)8-9-22-17/h6-7,10H,3-5,8-9,11H2,1-2H3. The average Bonchev–Trinajstić information content (AvgIpc) is 3.13. The third-order valence-electron chi connectivity index (χ3n) is 4.56. The van der Waals surface area contributed by atoms with E-state index in [2.05, 4.69) is 35.1 Å². The number of aryl methyl sites for hydroxylation is 2. The zero-order chi connectivity index (χ0) is 15.1. The Labute approximate surface area is 131 Å². The van der Waals surface area contributed by atoms with Crippen LogP contribution in [0.2, 0.25) is 0 Å². The van der Waals surface area contributed by atoms with Crippen molar-refractivity contribution in [3.8, 4) is 5.75 Å². The van der Waals surface area contributed by atoms with Crippen LogP contribution in [-0.4, -0.2) is 23.6 Å². The third kappa shape index (κ3) is 2.32. The molecular weight excluding hydrogens is 274 g/mol. The smallest absolute Gasteiger partial charge is 0.135 e. The van der Waals surface area contributed by atoms with Gasteiger partial charge in [-0.1, -0.05) is 12.1 Å². The number of ether oxygens (including phenoxy) is 1. The number of aromatic nitrogens is 2. The number of rotatable bonds is 3. The predicted molar refractivity (Wildman–Crippen MR) is 86.5 cm³/mol. The summed E-state index contributed by atoms with van der Waals surface area (Å²) < 4.78 is 5.59. The summed E-state index contributed by atoms with van der Waals surface area (Å²) in [5, 5.41) is 0. The Bertz CT molecular complexity index is 727. The van der Waals surface area contributed by atoms with Crippen molar-refractivity contribution in [1.82, 2.24) is 9.97 Å². The molecule has 0 saturated heterocycles. The molecule has 1 aromatic heterocycles. The van der Waals surface area contributed by atoms with Crippen LogP contribution in [0.25, 0.3) is 0 Å². The van der Waals surface area contributed by atoms with Gasteiger partial charge in [-0.3, -0.25) is 0 Å². The highest BCUT2D eigenvalue weighted by Crippen LogP contribution is 2.30. The molecule has 1 aromatic carbocycles. The van der Waals surface area contributed by atoms with Crippen molar-refractivity contribution in [1.29, 1.82) is 0 Å². The molecule has 0 spiro atoms. The van der Waals surface area contributed by atoms with Crippen molar-refractivity contribution in [2.24, 2.45) is 0 Å². The highest BCUT2D eigenvalue weighted by atomic mass is 16.5. The summed E-state index contributed by atoms with van der Waals surface area (Å²) in [6.45, 7) is 3.67. The van der Waals surface area contributed by atoms with Gasteiger partial charge >= 0.3 is 0 Å². The molecule has 0 N–H and O–H groups in total. The largest absolute Gasteiger partial charge is 0.493 e. The van der Waals surface area contributed by atoms with Gasteiger partial charge in [0.25, 0.3) is 0 Å². The molecule has 1 aliphatic heterocycles. The van der Waals surface area contributed by atoms with E-state index in [1.165, 1.54) is 28.8 Å². The van der Waals surface area contributed by atoms with Crippen LogP contribution < -0.4 is 9.64 Å². The molecule has 0 fully saturated rings. The molecule has 0 amide bonds. The first-order chi connectivity index (χ1) is 10.7. The second-order valence-corrected chi connectivity index (χ2v) is 6.27. The Morgan fingerprint density at radius 2 is 2.09 bits per heavy atom. The Hall–Kier alpha value is -2.10. The van der Waals surface area contributed by atoms with Gasteiger partial charge in [0.2, 0.25) is 0 Å². The predicted octanol–water partition coefficient (Wildman–Crippen LogP) is 2.85. The highest BCUT2D eigenvalue weighted by Gasteiger charge is 2.21. The number of hydrogen-bond acceptors (Lipinski definition) is 4. The summed E-state index contributed by atoms with van der Waals surface area (Å²) in [5.41, 5.74) is 5.24. The molecule has 114 valence electrons. The molecule has 4 rings (SSSR count). The Balaban J connectivity index is 1.61. The fraction of sp³-hybridized carbons (Fsp3) is 0.444. The van der Waals surface area contributed by atoms with Crippen LogP contribution in [0.1, 0.15) is 34.6 Å². The maximum absolute atomic E-state index is 5.59. The van der Waals surface area contributed by atoms with Crippen molar-refractivity contribution >= 4 is 5.82 Å². The second kappa shape index (κ2) is 5.27. The molecule has 0 radical (unpaired) electrons. The van der Waals surface area contributed by atoms with E-state index in [4.69, 9.17) is 9.72 Å². The van der Waals surface area contributed by atoms with E-state index in [1.807, 2.05) is 6.92 Å². The van der Waals surface area contributed by atoms with E-state index < -0.39 is 0 Å². The van der Waals surface area contributed by atoms with Crippen molar-refractivity contribution in [3.63, 3.8) is 0 Å². The quantitative estimate of drug-likeness (QED) is 0.873. The van der Waals surface area contributed by atoms with E-state index >= 15 is 0 Å². The second-order valence-electron chi connectivity index (χ2n) is 6.27. The normalized spacial score (nSPS) is 15.4. The van der Waals surface area contributed by atoms with Crippen LogP contribution in [-0.2, 0) is 25.8 Å². The summed E-state index contributed by atoms with van der Waals surface area (Å²) in [6.07, 6.45) is 4.42. The minimum atomic E-state index is 0.813. The molecule has 0 bridgehead atoms. The van der Waals surface area contributed by atoms with Gasteiger partial charge in [0.15, 0.2) is 0 Å². The first-order valence-corrected chi connectivity index (χ1v) is 8.03. The number of anilines is 1. The van der Waals surface area contributed by atoms with Gasteiger partial charge in [0.1, 0.15) is 17.4 Å². The van der Waals surface area contributed by atoms with E-state index in [1.54, 1.807) is 0 Å². The lowest BCUT2D eigenvalue weighted by Crippen LogP contribution is -2.20. The Kier molecular flexibility index (Phi) is 3.25. The van der Waals surface area contributed by atoms with E-state index in [-0.39, 0.29) is 0 Å². The van der Waals surface area contributed by atoms with Gasteiger partial charge < -0.3 is 9.64 Å². The third-order valence-corrected chi connectivity index (χ3v) is 4.56. The van der Waals surface area contributed by atoms with Crippen molar-refractivity contribution < 1.29 is 4.74 Å². The topological polar surface area (TPSA) is 38.2 Å². The zero-order valence-electron chi connectivity index (χ0n) is 13.2. The molecule has 0 saturated carbocycles. The molecular formula is C18H21N3O. The lowest BCUT2D eigenvalue weighted by atomic mass is 10.1. The number of hydrogen-bond donors (Lipinski definition) is 0. The first-order valence-electron chi connectivity index (χ1n) is 8.03. The summed E-state index contributed by atoms with van der Waals surface area (Å²) in [6, 6.07) is 6.53. The van der Waals surface area contributed by atoms with Gasteiger partial charge in [0.05, 0.1) is 6.61 Å². The Morgan fingerprint density at radius 3 is 3.00 bits per heavy atom. The molecule has 0 atom stereocenters. The first kappa shape index (κ1) is 13.6. The molecule has 2 aliphatic rings. The minimum absolute atomic E-state index is 0.813. The van der Waals surface area contributed by atoms with Gasteiger partial charge in [-0.05, 0) is 43.4 Å². The van der Waals surface area contributed by atoms with Gasteiger partial charge in [0, 0.05) is 31.3 Å². The van der Waals surface area contributed by atoms with Crippen LogP contribution in [0.3, 0.4) is 0 Å². The molecule has 4 nitrogen and oxygen atoms in total. The SMILES string of the molecule is Cc1nc2c(c(N(C)Cc3ccc4c(c3)CCO4)n1)CCC2. The lowest BCUT2D eigenvalue weighted by Gasteiger charge is -2.21. The maximum atomic E-state index is 5.59. The van der Waals surface area contributed by atoms with Gasteiger partial charge in [-0.15, -0.1) is 0 Å². The molecule has 2 heterocycles. The van der Waals surface area contributed by atoms with E-state index in [0.29, 0.717) is 0 Å². The highest BCUT2D eigenvalue weighted by molar-refractivity contribution is 5.51. The summed E-state index contributed by atoms with van der Waals surface area (Å²) in [7, 11) is 2.13. The molecule has 22 heavy (non-hydrogen) atoms. The molecule has 0 unspecified atom stereocenters. The Morgan fingerprint density at radius 1 is 1.18 bits per heavy atom. The van der Waals surface area contributed by atoms with Gasteiger partial charge in [-0.25, -0.2) is 9.97 Å². The van der Waals surface area contributed by atoms with Gasteiger partial charge in [-0.2, -0.15) is 0 Å². The summed E-state index contributed by atoms with van der Waals surface area (Å²) >= 11 is 0. The van der Waals surface area contributed by atoms with Crippen LogP contribution >= 0.6 is 0 Å². The van der Waals surface area contributed by atoms with E-state index in [0.717, 1.165) is 49.8 Å². The van der Waals surface area contributed by atoms with Crippen LogP contribution in [0.15, 0.2) is 18.2 Å². The number of nitrogens with zero attached hydrogens (tertiary/aromatic N) is 3. The van der Waals surface area contributed by atoms with E-state index in [9.17, 15) is 0 Å².